The second-order valence-corrected chi connectivity index (χ2v) is 7.55. The van der Waals surface area contributed by atoms with Crippen molar-refractivity contribution < 1.29 is 0 Å². The molecule has 0 aliphatic heterocycles. The quantitative estimate of drug-likeness (QED) is 0.487. The first-order chi connectivity index (χ1) is 13.7. The smallest absolute Gasteiger partial charge is 0.181 e. The largest absolute Gasteiger partial charge is 0.324 e. The fourth-order valence-electron chi connectivity index (χ4n) is 2.72. The van der Waals surface area contributed by atoms with Crippen molar-refractivity contribution in [3.05, 3.63) is 71.7 Å². The highest BCUT2D eigenvalue weighted by atomic mass is 32.1. The molecule has 0 radical (unpaired) electrons. The summed E-state index contributed by atoms with van der Waals surface area (Å²) in [5.74, 6) is 1.33. The number of benzene rings is 1. The van der Waals surface area contributed by atoms with Gasteiger partial charge in [-0.3, -0.25) is 10.1 Å². The van der Waals surface area contributed by atoms with E-state index >= 15 is 0 Å². The van der Waals surface area contributed by atoms with E-state index in [0.717, 1.165) is 23.2 Å². The summed E-state index contributed by atoms with van der Waals surface area (Å²) in [7, 11) is 0. The highest BCUT2D eigenvalue weighted by Crippen LogP contribution is 2.29. The first-order valence-electron chi connectivity index (χ1n) is 9.21. The average Bonchev–Trinajstić information content (AvgIpc) is 3.43. The molecule has 28 heavy (non-hydrogen) atoms. The van der Waals surface area contributed by atoms with E-state index in [2.05, 4.69) is 51.4 Å². The molecule has 0 saturated carbocycles. The molecule has 1 atom stereocenters. The molecule has 3 N–H and O–H groups in total. The van der Waals surface area contributed by atoms with Crippen LogP contribution in [-0.4, -0.2) is 26.2 Å². The summed E-state index contributed by atoms with van der Waals surface area (Å²) in [6.45, 7) is 2.08. The Hall–Kier alpha value is -3.09. The van der Waals surface area contributed by atoms with E-state index in [-0.39, 0.29) is 6.04 Å². The summed E-state index contributed by atoms with van der Waals surface area (Å²) in [4.78, 5) is 11.5. The number of rotatable bonds is 6. The molecular formula is C22H21N5S. The Bertz CT molecular complexity index is 1060. The minimum atomic E-state index is 0.106. The van der Waals surface area contributed by atoms with Crippen LogP contribution in [0.1, 0.15) is 18.2 Å². The van der Waals surface area contributed by atoms with Gasteiger partial charge in [0, 0.05) is 33.1 Å². The second kappa shape index (κ2) is 8.29. The minimum Gasteiger partial charge on any atom is -0.324 e. The van der Waals surface area contributed by atoms with Crippen LogP contribution in [0, 0.1) is 0 Å². The molecule has 0 amide bonds. The van der Waals surface area contributed by atoms with Gasteiger partial charge < -0.3 is 5.73 Å². The van der Waals surface area contributed by atoms with Gasteiger partial charge in [0.25, 0.3) is 0 Å². The maximum atomic E-state index is 5.94. The van der Waals surface area contributed by atoms with Crippen molar-refractivity contribution in [3.63, 3.8) is 0 Å². The molecule has 6 heteroatoms. The molecule has 0 spiro atoms. The van der Waals surface area contributed by atoms with E-state index in [0.29, 0.717) is 11.6 Å². The Balaban J connectivity index is 1.51. The lowest BCUT2D eigenvalue weighted by molar-refractivity contribution is 0.785. The van der Waals surface area contributed by atoms with Crippen LogP contribution in [0.15, 0.2) is 66.9 Å². The van der Waals surface area contributed by atoms with Gasteiger partial charge in [-0.2, -0.15) is 5.10 Å². The fraction of sp³-hybridized carbons (Fsp3) is 0.136. The van der Waals surface area contributed by atoms with E-state index in [9.17, 15) is 0 Å². The van der Waals surface area contributed by atoms with Gasteiger partial charge in [0.15, 0.2) is 11.6 Å². The third-order valence-corrected chi connectivity index (χ3v) is 5.51. The zero-order valence-electron chi connectivity index (χ0n) is 15.5. The summed E-state index contributed by atoms with van der Waals surface area (Å²) in [6.07, 6.45) is 6.94. The van der Waals surface area contributed by atoms with Crippen molar-refractivity contribution >= 4 is 17.4 Å². The molecule has 0 aliphatic carbocycles. The lowest BCUT2D eigenvalue weighted by atomic mass is 10.2. The zero-order chi connectivity index (χ0) is 19.3. The van der Waals surface area contributed by atoms with Crippen molar-refractivity contribution in [3.8, 4) is 33.3 Å². The number of nitrogens with two attached hydrogens (primary N) is 1. The number of H-pyrrole nitrogens is 1. The van der Waals surface area contributed by atoms with Crippen LogP contribution in [0.5, 0.6) is 0 Å². The van der Waals surface area contributed by atoms with Gasteiger partial charge in [-0.25, -0.2) is 4.98 Å². The monoisotopic (exact) mass is 387 g/mol. The predicted molar refractivity (Wildman–Crippen MR) is 116 cm³/mol. The number of aromatic nitrogens is 4. The first-order valence-corrected chi connectivity index (χ1v) is 10.0. The summed E-state index contributed by atoms with van der Waals surface area (Å²) in [5.41, 5.74) is 8.77. The van der Waals surface area contributed by atoms with Crippen molar-refractivity contribution in [1.29, 1.82) is 0 Å². The number of aromatic amines is 1. The van der Waals surface area contributed by atoms with Crippen LogP contribution >= 0.6 is 11.3 Å². The molecule has 0 fully saturated rings. The third kappa shape index (κ3) is 4.08. The van der Waals surface area contributed by atoms with Gasteiger partial charge in [0.1, 0.15) is 5.69 Å². The molecule has 0 saturated heterocycles. The van der Waals surface area contributed by atoms with E-state index in [1.165, 1.54) is 9.75 Å². The number of nitrogens with zero attached hydrogens (tertiary/aromatic N) is 3. The molecule has 140 valence electrons. The van der Waals surface area contributed by atoms with E-state index in [4.69, 9.17) is 5.73 Å². The minimum absolute atomic E-state index is 0.106. The van der Waals surface area contributed by atoms with Crippen molar-refractivity contribution in [2.45, 2.75) is 19.4 Å². The predicted octanol–water partition coefficient (Wildman–Crippen LogP) is 5.01. The van der Waals surface area contributed by atoms with Crippen molar-refractivity contribution in [2.75, 3.05) is 0 Å². The molecule has 1 unspecified atom stereocenters. The normalized spacial score (nSPS) is 12.5. The lowest BCUT2D eigenvalue weighted by Gasteiger charge is -1.99. The second-order valence-electron chi connectivity index (χ2n) is 6.44. The van der Waals surface area contributed by atoms with Crippen molar-refractivity contribution in [2.24, 2.45) is 5.73 Å². The van der Waals surface area contributed by atoms with Gasteiger partial charge in [-0.15, -0.1) is 11.3 Å². The highest BCUT2D eigenvalue weighted by Gasteiger charge is 2.09. The van der Waals surface area contributed by atoms with Crippen LogP contribution in [0.4, 0.5) is 0 Å². The number of hydrogen-bond donors (Lipinski definition) is 2. The Morgan fingerprint density at radius 3 is 2.68 bits per heavy atom. The molecule has 4 aromatic rings. The van der Waals surface area contributed by atoms with Gasteiger partial charge in [0.05, 0.1) is 0 Å². The maximum Gasteiger partial charge on any atom is 0.181 e. The summed E-state index contributed by atoms with van der Waals surface area (Å²) >= 11 is 1.72. The summed E-state index contributed by atoms with van der Waals surface area (Å²) < 4.78 is 0. The van der Waals surface area contributed by atoms with Gasteiger partial charge in [-0.1, -0.05) is 43.3 Å². The number of pyridine rings is 1. The Labute approximate surface area is 168 Å². The number of nitrogens with one attached hydrogen (secondary N) is 1. The summed E-state index contributed by atoms with van der Waals surface area (Å²) in [5, 5.41) is 7.27. The Kier molecular flexibility index (Phi) is 5.41. The first kappa shape index (κ1) is 18.3. The highest BCUT2D eigenvalue weighted by molar-refractivity contribution is 7.16. The fourth-order valence-corrected chi connectivity index (χ4v) is 3.64. The topological polar surface area (TPSA) is 80.5 Å². The van der Waals surface area contributed by atoms with E-state index in [1.54, 1.807) is 11.3 Å². The van der Waals surface area contributed by atoms with E-state index < -0.39 is 0 Å². The molecule has 0 aliphatic rings. The van der Waals surface area contributed by atoms with Crippen LogP contribution in [0.25, 0.3) is 39.4 Å². The average molecular weight is 388 g/mol. The van der Waals surface area contributed by atoms with Crippen molar-refractivity contribution in [1.82, 2.24) is 20.2 Å². The molecule has 1 aromatic carbocycles. The number of thiophene rings is 1. The SMILES string of the molecule is CCC(N)/C=C/c1ccc(-c2ccc(-c3nc(-c4ccccc4)n[nH]3)nc2)s1. The van der Waals surface area contributed by atoms with E-state index in [1.807, 2.05) is 48.7 Å². The maximum absolute atomic E-state index is 5.94. The molecular weight excluding hydrogens is 366 g/mol. The van der Waals surface area contributed by atoms with Crippen LogP contribution < -0.4 is 5.73 Å². The van der Waals surface area contributed by atoms with Crippen LogP contribution in [0.2, 0.25) is 0 Å². The summed E-state index contributed by atoms with van der Waals surface area (Å²) in [6, 6.07) is 18.2. The van der Waals surface area contributed by atoms with Gasteiger partial charge in [-0.05, 0) is 36.8 Å². The standard InChI is InChI=1S/C22H21N5S/c1-2-17(23)9-10-18-11-13-20(28-18)16-8-12-19(24-14-16)22-25-21(26-27-22)15-6-4-3-5-7-15/h3-14,17H,2,23H2,1H3,(H,25,26,27)/b10-9+. The molecule has 0 bridgehead atoms. The van der Waals surface area contributed by atoms with Crippen LogP contribution in [0.3, 0.4) is 0 Å². The lowest BCUT2D eigenvalue weighted by Crippen LogP contribution is -2.14. The molecule has 3 heterocycles. The molecule has 4 rings (SSSR count). The molecule has 3 aromatic heterocycles. The van der Waals surface area contributed by atoms with Gasteiger partial charge >= 0.3 is 0 Å². The van der Waals surface area contributed by atoms with Crippen LogP contribution in [-0.2, 0) is 0 Å². The Morgan fingerprint density at radius 1 is 1.07 bits per heavy atom. The molecule has 5 nitrogen and oxygen atoms in total. The van der Waals surface area contributed by atoms with Gasteiger partial charge in [0.2, 0.25) is 0 Å². The Morgan fingerprint density at radius 2 is 1.93 bits per heavy atom. The number of hydrogen-bond acceptors (Lipinski definition) is 5. The zero-order valence-corrected chi connectivity index (χ0v) is 16.4. The third-order valence-electron chi connectivity index (χ3n) is 4.41.